The highest BCUT2D eigenvalue weighted by molar-refractivity contribution is 6.35. The van der Waals surface area contributed by atoms with Crippen LogP contribution in [0.5, 0.6) is 11.5 Å². The fourth-order valence-corrected chi connectivity index (χ4v) is 1.42. The highest BCUT2D eigenvalue weighted by atomic mass is 35.5. The lowest BCUT2D eigenvalue weighted by Crippen LogP contribution is -2.15. The number of rotatable bonds is 3. The Morgan fingerprint density at radius 3 is 2.27 bits per heavy atom. The monoisotopic (exact) mass is 230 g/mol. The van der Waals surface area contributed by atoms with Crippen molar-refractivity contribution in [1.29, 1.82) is 0 Å². The van der Waals surface area contributed by atoms with Crippen LogP contribution in [0.3, 0.4) is 0 Å². The summed E-state index contributed by atoms with van der Waals surface area (Å²) in [4.78, 5) is 11.1. The van der Waals surface area contributed by atoms with Gasteiger partial charge >= 0.3 is 0 Å². The number of nitrogen functional groups attached to an aromatic ring is 1. The predicted octanol–water partition coefficient (Wildman–Crippen LogP) is 1.04. The van der Waals surface area contributed by atoms with E-state index >= 15 is 0 Å². The Morgan fingerprint density at radius 2 is 1.87 bits per heavy atom. The van der Waals surface area contributed by atoms with E-state index in [1.54, 1.807) is 0 Å². The lowest BCUT2D eigenvalue weighted by atomic mass is 10.1. The zero-order chi connectivity index (χ0) is 11.6. The molecule has 0 saturated heterocycles. The first-order chi connectivity index (χ1) is 7.02. The minimum absolute atomic E-state index is 0.0559. The minimum atomic E-state index is -0.700. The van der Waals surface area contributed by atoms with Gasteiger partial charge in [-0.1, -0.05) is 11.6 Å². The molecule has 0 aliphatic heterocycles. The van der Waals surface area contributed by atoms with Crippen molar-refractivity contribution >= 4 is 23.2 Å². The molecule has 0 fully saturated rings. The molecule has 0 spiro atoms. The molecule has 0 aliphatic carbocycles. The Bertz CT molecular complexity index is 407. The van der Waals surface area contributed by atoms with Crippen LogP contribution in [0.25, 0.3) is 0 Å². The van der Waals surface area contributed by atoms with Crippen LogP contribution in [0.15, 0.2) is 6.07 Å². The van der Waals surface area contributed by atoms with E-state index < -0.39 is 5.91 Å². The molecule has 0 aliphatic rings. The molecule has 1 rings (SSSR count). The summed E-state index contributed by atoms with van der Waals surface area (Å²) in [5, 5.41) is 0.145. The van der Waals surface area contributed by atoms with Crippen molar-refractivity contribution in [1.82, 2.24) is 0 Å². The Kier molecular flexibility index (Phi) is 3.26. The van der Waals surface area contributed by atoms with E-state index in [0.717, 1.165) is 0 Å². The Labute approximate surface area is 91.9 Å². The van der Waals surface area contributed by atoms with E-state index in [9.17, 15) is 4.79 Å². The van der Waals surface area contributed by atoms with Gasteiger partial charge in [-0.3, -0.25) is 4.79 Å². The van der Waals surface area contributed by atoms with Crippen molar-refractivity contribution in [3.8, 4) is 11.5 Å². The second-order valence-electron chi connectivity index (χ2n) is 2.75. The number of hydrogen-bond acceptors (Lipinski definition) is 4. The summed E-state index contributed by atoms with van der Waals surface area (Å²) >= 11 is 5.86. The summed E-state index contributed by atoms with van der Waals surface area (Å²) in [6, 6.07) is 1.46. The number of ether oxygens (including phenoxy) is 2. The van der Waals surface area contributed by atoms with Crippen LogP contribution in [-0.2, 0) is 0 Å². The summed E-state index contributed by atoms with van der Waals surface area (Å²) in [5.74, 6) is -0.133. The molecule has 82 valence electrons. The number of primary amides is 1. The summed E-state index contributed by atoms with van der Waals surface area (Å²) in [6.07, 6.45) is 0. The number of amides is 1. The zero-order valence-electron chi connectivity index (χ0n) is 8.33. The Morgan fingerprint density at radius 1 is 1.33 bits per heavy atom. The van der Waals surface area contributed by atoms with Crippen molar-refractivity contribution in [2.24, 2.45) is 5.73 Å². The van der Waals surface area contributed by atoms with Crippen molar-refractivity contribution in [3.05, 3.63) is 16.7 Å². The average Bonchev–Trinajstić information content (AvgIpc) is 2.20. The maximum absolute atomic E-state index is 11.1. The van der Waals surface area contributed by atoms with Gasteiger partial charge in [0.15, 0.2) is 0 Å². The summed E-state index contributed by atoms with van der Waals surface area (Å²) in [5.41, 5.74) is 10.9. The molecule has 1 aromatic rings. The second kappa shape index (κ2) is 4.27. The van der Waals surface area contributed by atoms with E-state index in [2.05, 4.69) is 0 Å². The molecule has 15 heavy (non-hydrogen) atoms. The van der Waals surface area contributed by atoms with Crippen LogP contribution >= 0.6 is 11.6 Å². The van der Waals surface area contributed by atoms with Crippen LogP contribution in [0.4, 0.5) is 5.69 Å². The summed E-state index contributed by atoms with van der Waals surface area (Å²) in [7, 11) is 2.83. The first-order valence-corrected chi connectivity index (χ1v) is 4.40. The van der Waals surface area contributed by atoms with Crippen LogP contribution in [0.2, 0.25) is 5.02 Å². The molecule has 0 radical (unpaired) electrons. The number of benzene rings is 1. The number of anilines is 1. The molecular formula is C9H11ClN2O3. The quantitative estimate of drug-likeness (QED) is 0.760. The fourth-order valence-electron chi connectivity index (χ4n) is 1.19. The van der Waals surface area contributed by atoms with Gasteiger partial charge in [0.2, 0.25) is 0 Å². The summed E-state index contributed by atoms with van der Waals surface area (Å²) < 4.78 is 9.92. The van der Waals surface area contributed by atoms with Crippen LogP contribution in [0, 0.1) is 0 Å². The van der Waals surface area contributed by atoms with Gasteiger partial charge in [0.25, 0.3) is 5.91 Å². The minimum Gasteiger partial charge on any atom is -0.496 e. The highest BCUT2D eigenvalue weighted by Gasteiger charge is 2.19. The standard InChI is InChI=1S/C9H11ClN2O3/c1-14-4-3-5(15-2)7(10)8(11)6(4)9(12)13/h3H,11H2,1-2H3,(H2,12,13). The number of halogens is 1. The van der Waals surface area contributed by atoms with Gasteiger partial charge in [0.1, 0.15) is 22.1 Å². The van der Waals surface area contributed by atoms with Crippen molar-refractivity contribution < 1.29 is 14.3 Å². The number of hydrogen-bond donors (Lipinski definition) is 2. The molecule has 6 heteroatoms. The zero-order valence-corrected chi connectivity index (χ0v) is 9.09. The maximum atomic E-state index is 11.1. The normalized spacial score (nSPS) is 9.80. The predicted molar refractivity (Wildman–Crippen MR) is 57.5 cm³/mol. The van der Waals surface area contributed by atoms with Gasteiger partial charge in [-0.25, -0.2) is 0 Å². The first kappa shape index (κ1) is 11.5. The van der Waals surface area contributed by atoms with Crippen molar-refractivity contribution in [2.45, 2.75) is 0 Å². The third kappa shape index (κ3) is 1.92. The van der Waals surface area contributed by atoms with E-state index in [0.29, 0.717) is 5.75 Å². The van der Waals surface area contributed by atoms with Gasteiger partial charge in [0, 0.05) is 6.07 Å². The van der Waals surface area contributed by atoms with Crippen molar-refractivity contribution in [2.75, 3.05) is 20.0 Å². The fraction of sp³-hybridized carbons (Fsp3) is 0.222. The molecule has 0 aromatic heterocycles. The van der Waals surface area contributed by atoms with Crippen molar-refractivity contribution in [3.63, 3.8) is 0 Å². The highest BCUT2D eigenvalue weighted by Crippen LogP contribution is 2.38. The number of carbonyl (C=O) groups excluding carboxylic acids is 1. The van der Waals surface area contributed by atoms with E-state index in [1.807, 2.05) is 0 Å². The SMILES string of the molecule is COc1cc(OC)c(C(N)=O)c(N)c1Cl. The molecule has 1 aromatic carbocycles. The molecule has 0 atom stereocenters. The molecule has 4 N–H and O–H groups in total. The van der Waals surface area contributed by atoms with Gasteiger partial charge in [-0.15, -0.1) is 0 Å². The van der Waals surface area contributed by atoms with Gasteiger partial charge in [-0.2, -0.15) is 0 Å². The smallest absolute Gasteiger partial charge is 0.254 e. The molecule has 5 nitrogen and oxygen atoms in total. The molecular weight excluding hydrogens is 220 g/mol. The Hall–Kier alpha value is -1.62. The van der Waals surface area contributed by atoms with E-state index in [1.165, 1.54) is 20.3 Å². The van der Waals surface area contributed by atoms with Crippen LogP contribution < -0.4 is 20.9 Å². The maximum Gasteiger partial charge on any atom is 0.254 e. The average molecular weight is 231 g/mol. The molecule has 0 saturated carbocycles. The molecule has 0 unspecified atom stereocenters. The van der Waals surface area contributed by atoms with E-state index in [-0.39, 0.29) is 22.0 Å². The topological polar surface area (TPSA) is 87.6 Å². The lowest BCUT2D eigenvalue weighted by Gasteiger charge is -2.13. The Balaban J connectivity index is 3.51. The number of carbonyl (C=O) groups is 1. The van der Waals surface area contributed by atoms with Crippen LogP contribution in [-0.4, -0.2) is 20.1 Å². The molecule has 0 bridgehead atoms. The van der Waals surface area contributed by atoms with Gasteiger partial charge in [0.05, 0.1) is 19.9 Å². The molecule has 0 heterocycles. The van der Waals surface area contributed by atoms with Gasteiger partial charge in [-0.05, 0) is 0 Å². The number of methoxy groups -OCH3 is 2. The van der Waals surface area contributed by atoms with Gasteiger partial charge < -0.3 is 20.9 Å². The van der Waals surface area contributed by atoms with Crippen LogP contribution in [0.1, 0.15) is 10.4 Å². The lowest BCUT2D eigenvalue weighted by molar-refractivity contribution is 0.0998. The first-order valence-electron chi connectivity index (χ1n) is 4.02. The largest absolute Gasteiger partial charge is 0.496 e. The van der Waals surface area contributed by atoms with E-state index in [4.69, 9.17) is 32.5 Å². The number of nitrogens with two attached hydrogens (primary N) is 2. The third-order valence-electron chi connectivity index (χ3n) is 1.92. The second-order valence-corrected chi connectivity index (χ2v) is 3.13. The molecule has 1 amide bonds. The third-order valence-corrected chi connectivity index (χ3v) is 2.31. The summed E-state index contributed by atoms with van der Waals surface area (Å²) in [6.45, 7) is 0.